The average molecular weight is 504 g/mol. The second-order valence-electron chi connectivity index (χ2n) is 7.70. The van der Waals surface area contributed by atoms with Crippen LogP contribution in [0.4, 0.5) is 0 Å². The van der Waals surface area contributed by atoms with Crippen LogP contribution in [0.1, 0.15) is 58.2 Å². The summed E-state index contributed by atoms with van der Waals surface area (Å²) in [5.41, 5.74) is 0. The SMILES string of the molecule is CCNC(=NCCn1cnnc1CC)N1CCC(OCC2CCCC2)CC1.I. The van der Waals surface area contributed by atoms with E-state index in [2.05, 4.69) is 38.8 Å². The summed E-state index contributed by atoms with van der Waals surface area (Å²) in [5.74, 6) is 2.86. The molecule has 1 aromatic rings. The van der Waals surface area contributed by atoms with Gasteiger partial charge in [-0.05, 0) is 38.5 Å². The normalized spacial score (nSPS) is 19.1. The Morgan fingerprint density at radius 2 is 1.96 bits per heavy atom. The Kier molecular flexibility index (Phi) is 10.5. The van der Waals surface area contributed by atoms with Crippen LogP contribution in [0, 0.1) is 5.92 Å². The molecule has 0 spiro atoms. The zero-order valence-electron chi connectivity index (χ0n) is 17.5. The van der Waals surface area contributed by atoms with Gasteiger partial charge in [-0.2, -0.15) is 0 Å². The molecule has 1 aliphatic heterocycles. The quantitative estimate of drug-likeness (QED) is 0.335. The van der Waals surface area contributed by atoms with Crippen molar-refractivity contribution in [2.45, 2.75) is 71.4 Å². The minimum absolute atomic E-state index is 0. The largest absolute Gasteiger partial charge is 0.378 e. The number of ether oxygens (including phenoxy) is 1. The number of hydrogen-bond donors (Lipinski definition) is 1. The number of halogens is 1. The minimum atomic E-state index is 0. The van der Waals surface area contributed by atoms with Gasteiger partial charge in [-0.1, -0.05) is 19.8 Å². The van der Waals surface area contributed by atoms with Crippen molar-refractivity contribution in [3.05, 3.63) is 12.2 Å². The number of aliphatic imine (C=N–C) groups is 1. The molecule has 1 aromatic heterocycles. The molecule has 1 N–H and O–H groups in total. The second-order valence-corrected chi connectivity index (χ2v) is 7.70. The molecule has 0 unspecified atom stereocenters. The summed E-state index contributed by atoms with van der Waals surface area (Å²) in [6, 6.07) is 0. The number of hydrogen-bond acceptors (Lipinski definition) is 4. The summed E-state index contributed by atoms with van der Waals surface area (Å²) < 4.78 is 8.30. The van der Waals surface area contributed by atoms with Crippen molar-refractivity contribution in [2.75, 3.05) is 32.8 Å². The van der Waals surface area contributed by atoms with Gasteiger partial charge in [-0.15, -0.1) is 34.2 Å². The van der Waals surface area contributed by atoms with Crippen molar-refractivity contribution in [2.24, 2.45) is 10.9 Å². The molecular formula is C20H37IN6O. The third kappa shape index (κ3) is 6.86. The zero-order valence-corrected chi connectivity index (χ0v) is 19.8. The average Bonchev–Trinajstić information content (AvgIpc) is 3.38. The Bertz CT molecular complexity index is 579. The number of rotatable bonds is 8. The van der Waals surface area contributed by atoms with Crippen LogP contribution >= 0.6 is 24.0 Å². The van der Waals surface area contributed by atoms with E-state index in [0.29, 0.717) is 6.10 Å². The lowest BCUT2D eigenvalue weighted by Gasteiger charge is -2.34. The van der Waals surface area contributed by atoms with Gasteiger partial charge in [0.15, 0.2) is 5.96 Å². The number of nitrogens with one attached hydrogen (secondary N) is 1. The summed E-state index contributed by atoms with van der Waals surface area (Å²) >= 11 is 0. The first-order valence-electron chi connectivity index (χ1n) is 10.8. The summed E-state index contributed by atoms with van der Waals surface area (Å²) in [7, 11) is 0. The highest BCUT2D eigenvalue weighted by molar-refractivity contribution is 14.0. The van der Waals surface area contributed by atoms with Crippen LogP contribution in [0.3, 0.4) is 0 Å². The van der Waals surface area contributed by atoms with Gasteiger partial charge < -0.3 is 19.5 Å². The number of nitrogens with zero attached hydrogens (tertiary/aromatic N) is 5. The third-order valence-electron chi connectivity index (χ3n) is 5.73. The van der Waals surface area contributed by atoms with Crippen LogP contribution in [-0.2, 0) is 17.7 Å². The lowest BCUT2D eigenvalue weighted by molar-refractivity contribution is 0.00101. The minimum Gasteiger partial charge on any atom is -0.378 e. The van der Waals surface area contributed by atoms with Crippen molar-refractivity contribution in [3.63, 3.8) is 0 Å². The Morgan fingerprint density at radius 1 is 1.21 bits per heavy atom. The standard InChI is InChI=1S/C20H36N6O.HI/c1-3-19-24-23-16-26(19)14-11-22-20(21-4-2)25-12-9-18(10-13-25)27-15-17-7-5-6-8-17;/h16-18H,3-15H2,1-2H3,(H,21,22);1H. The monoisotopic (exact) mass is 504 g/mol. The van der Waals surface area contributed by atoms with Crippen molar-refractivity contribution < 1.29 is 4.74 Å². The summed E-state index contributed by atoms with van der Waals surface area (Å²) in [6.45, 7) is 9.70. The Morgan fingerprint density at radius 3 is 2.64 bits per heavy atom. The van der Waals surface area contributed by atoms with Crippen LogP contribution < -0.4 is 5.32 Å². The van der Waals surface area contributed by atoms with Gasteiger partial charge in [-0.25, -0.2) is 0 Å². The van der Waals surface area contributed by atoms with Gasteiger partial charge in [-0.3, -0.25) is 4.99 Å². The van der Waals surface area contributed by atoms with Crippen LogP contribution in [0.15, 0.2) is 11.3 Å². The number of piperidine rings is 1. The molecule has 2 heterocycles. The molecule has 28 heavy (non-hydrogen) atoms. The molecule has 160 valence electrons. The molecule has 1 saturated carbocycles. The summed E-state index contributed by atoms with van der Waals surface area (Å²) in [4.78, 5) is 7.22. The van der Waals surface area contributed by atoms with Gasteiger partial charge in [0.1, 0.15) is 12.2 Å². The molecule has 8 heteroatoms. The maximum atomic E-state index is 6.21. The highest BCUT2D eigenvalue weighted by Crippen LogP contribution is 2.26. The number of aromatic nitrogens is 3. The van der Waals surface area contributed by atoms with Gasteiger partial charge in [0.05, 0.1) is 12.6 Å². The first-order valence-corrected chi connectivity index (χ1v) is 10.8. The molecule has 0 bridgehead atoms. The lowest BCUT2D eigenvalue weighted by atomic mass is 10.1. The molecule has 1 saturated heterocycles. The van der Waals surface area contributed by atoms with Crippen molar-refractivity contribution in [1.82, 2.24) is 25.0 Å². The summed E-state index contributed by atoms with van der Waals surface area (Å²) in [6.07, 6.45) is 10.8. The predicted molar refractivity (Wildman–Crippen MR) is 123 cm³/mol. The van der Waals surface area contributed by atoms with E-state index in [9.17, 15) is 0 Å². The van der Waals surface area contributed by atoms with Crippen LogP contribution in [0.5, 0.6) is 0 Å². The van der Waals surface area contributed by atoms with Crippen molar-refractivity contribution in [1.29, 1.82) is 0 Å². The van der Waals surface area contributed by atoms with E-state index in [1.165, 1.54) is 25.7 Å². The molecule has 0 amide bonds. The van der Waals surface area contributed by atoms with Gasteiger partial charge in [0, 0.05) is 39.2 Å². The molecule has 2 aliphatic rings. The highest BCUT2D eigenvalue weighted by atomic mass is 127. The van der Waals surface area contributed by atoms with Gasteiger partial charge >= 0.3 is 0 Å². The fraction of sp³-hybridized carbons (Fsp3) is 0.850. The van der Waals surface area contributed by atoms with E-state index >= 15 is 0 Å². The molecule has 7 nitrogen and oxygen atoms in total. The number of aryl methyl sites for hydroxylation is 1. The molecule has 0 radical (unpaired) electrons. The van der Waals surface area contributed by atoms with E-state index in [0.717, 1.165) is 76.3 Å². The fourth-order valence-corrected chi connectivity index (χ4v) is 4.11. The van der Waals surface area contributed by atoms with E-state index in [4.69, 9.17) is 9.73 Å². The highest BCUT2D eigenvalue weighted by Gasteiger charge is 2.23. The van der Waals surface area contributed by atoms with Crippen LogP contribution in [0.2, 0.25) is 0 Å². The molecule has 3 rings (SSSR count). The summed E-state index contributed by atoms with van der Waals surface area (Å²) in [5, 5.41) is 11.6. The van der Waals surface area contributed by atoms with Gasteiger partial charge in [0.2, 0.25) is 0 Å². The molecular weight excluding hydrogens is 467 g/mol. The first-order chi connectivity index (χ1) is 13.3. The Balaban J connectivity index is 0.00000280. The van der Waals surface area contributed by atoms with Crippen LogP contribution in [0.25, 0.3) is 0 Å². The maximum absolute atomic E-state index is 6.21. The van der Waals surface area contributed by atoms with Crippen LogP contribution in [-0.4, -0.2) is 64.5 Å². The molecule has 2 fully saturated rings. The molecule has 1 aliphatic carbocycles. The molecule has 0 aromatic carbocycles. The Labute approximate surface area is 186 Å². The number of guanidine groups is 1. The van der Waals surface area contributed by atoms with Gasteiger partial charge in [0.25, 0.3) is 0 Å². The first kappa shape index (κ1) is 23.4. The predicted octanol–water partition coefficient (Wildman–Crippen LogP) is 3.10. The van der Waals surface area contributed by atoms with E-state index in [1.807, 2.05) is 0 Å². The fourth-order valence-electron chi connectivity index (χ4n) is 4.11. The zero-order chi connectivity index (χ0) is 18.9. The second kappa shape index (κ2) is 12.6. The number of likely N-dealkylation sites (tertiary alicyclic amines) is 1. The van der Waals surface area contributed by atoms with E-state index in [1.54, 1.807) is 6.33 Å². The Hall–Kier alpha value is -0.900. The molecule has 0 atom stereocenters. The van der Waals surface area contributed by atoms with Crippen molar-refractivity contribution >= 4 is 29.9 Å². The topological polar surface area (TPSA) is 67.6 Å². The maximum Gasteiger partial charge on any atom is 0.193 e. The van der Waals surface area contributed by atoms with E-state index < -0.39 is 0 Å². The van der Waals surface area contributed by atoms with E-state index in [-0.39, 0.29) is 24.0 Å². The smallest absolute Gasteiger partial charge is 0.193 e. The third-order valence-corrected chi connectivity index (χ3v) is 5.73. The lowest BCUT2D eigenvalue weighted by Crippen LogP contribution is -2.47. The van der Waals surface area contributed by atoms with Crippen molar-refractivity contribution in [3.8, 4) is 0 Å².